The Labute approximate surface area is 123 Å². The molecule has 1 atom stereocenters. The first-order chi connectivity index (χ1) is 9.11. The summed E-state index contributed by atoms with van der Waals surface area (Å²) in [6.45, 7) is 2.57. The van der Waals surface area contributed by atoms with Crippen LogP contribution in [0.4, 0.5) is 0 Å². The van der Waals surface area contributed by atoms with E-state index in [0.29, 0.717) is 16.7 Å². The molecule has 2 nitrogen and oxygen atoms in total. The number of benzene rings is 2. The minimum absolute atomic E-state index is 0.301. The van der Waals surface area contributed by atoms with Crippen LogP contribution in [0.25, 0.3) is 0 Å². The minimum Gasteiger partial charge on any atom is -0.494 e. The van der Waals surface area contributed by atoms with Crippen LogP contribution in [0, 0.1) is 0 Å². The average molecular weight is 296 g/mol. The second-order valence-corrected chi connectivity index (χ2v) is 4.99. The van der Waals surface area contributed by atoms with E-state index in [9.17, 15) is 0 Å². The Morgan fingerprint density at radius 1 is 1.16 bits per heavy atom. The second kappa shape index (κ2) is 6.29. The van der Waals surface area contributed by atoms with Crippen molar-refractivity contribution in [3.63, 3.8) is 0 Å². The summed E-state index contributed by atoms with van der Waals surface area (Å²) in [6, 6.07) is 12.7. The Hall–Kier alpha value is -1.22. The number of hydrogen-bond donors (Lipinski definition) is 1. The molecule has 0 aliphatic heterocycles. The summed E-state index contributed by atoms with van der Waals surface area (Å²) in [5.41, 5.74) is 8.05. The molecule has 2 rings (SSSR count). The highest BCUT2D eigenvalue weighted by Gasteiger charge is 2.13. The molecule has 100 valence electrons. The lowest BCUT2D eigenvalue weighted by atomic mass is 9.99. The zero-order valence-corrected chi connectivity index (χ0v) is 12.1. The average Bonchev–Trinajstić information content (AvgIpc) is 2.39. The van der Waals surface area contributed by atoms with Gasteiger partial charge in [0.2, 0.25) is 0 Å². The highest BCUT2D eigenvalue weighted by molar-refractivity contribution is 6.35. The molecule has 1 unspecified atom stereocenters. The van der Waals surface area contributed by atoms with Crippen molar-refractivity contribution in [2.75, 3.05) is 6.61 Å². The molecule has 0 heterocycles. The molecule has 2 aromatic carbocycles. The quantitative estimate of drug-likeness (QED) is 0.905. The molecule has 4 heteroatoms. The molecule has 0 aromatic heterocycles. The van der Waals surface area contributed by atoms with Gasteiger partial charge in [-0.2, -0.15) is 0 Å². The number of rotatable bonds is 4. The van der Waals surface area contributed by atoms with Gasteiger partial charge >= 0.3 is 0 Å². The van der Waals surface area contributed by atoms with Crippen LogP contribution < -0.4 is 10.5 Å². The maximum atomic E-state index is 6.25. The molecule has 2 N–H and O–H groups in total. The van der Waals surface area contributed by atoms with E-state index in [4.69, 9.17) is 33.7 Å². The van der Waals surface area contributed by atoms with Gasteiger partial charge in [-0.1, -0.05) is 41.4 Å². The van der Waals surface area contributed by atoms with Crippen LogP contribution in [0.2, 0.25) is 10.0 Å². The topological polar surface area (TPSA) is 35.2 Å². The molecule has 0 spiro atoms. The van der Waals surface area contributed by atoms with Gasteiger partial charge in [0.25, 0.3) is 0 Å². The normalized spacial score (nSPS) is 12.2. The molecule has 0 bridgehead atoms. The van der Waals surface area contributed by atoms with Crippen molar-refractivity contribution < 1.29 is 4.74 Å². The van der Waals surface area contributed by atoms with Gasteiger partial charge in [-0.15, -0.1) is 0 Å². The molecule has 0 saturated carbocycles. The lowest BCUT2D eigenvalue weighted by Crippen LogP contribution is -2.12. The predicted octanol–water partition coefficient (Wildman–Crippen LogP) is 4.44. The summed E-state index contributed by atoms with van der Waals surface area (Å²) in [4.78, 5) is 0. The van der Waals surface area contributed by atoms with Gasteiger partial charge < -0.3 is 10.5 Å². The molecule has 0 amide bonds. The fraction of sp³-hybridized carbons (Fsp3) is 0.200. The van der Waals surface area contributed by atoms with Crippen LogP contribution in [-0.4, -0.2) is 6.61 Å². The van der Waals surface area contributed by atoms with E-state index in [1.807, 2.05) is 37.3 Å². The minimum atomic E-state index is -0.301. The first kappa shape index (κ1) is 14.2. The van der Waals surface area contributed by atoms with Gasteiger partial charge in [-0.3, -0.25) is 0 Å². The highest BCUT2D eigenvalue weighted by Crippen LogP contribution is 2.30. The fourth-order valence-corrected chi connectivity index (χ4v) is 2.42. The first-order valence-electron chi connectivity index (χ1n) is 6.05. The maximum absolute atomic E-state index is 6.25. The van der Waals surface area contributed by atoms with Gasteiger partial charge in [0, 0.05) is 10.0 Å². The van der Waals surface area contributed by atoms with Gasteiger partial charge in [-0.25, -0.2) is 0 Å². The van der Waals surface area contributed by atoms with Crippen molar-refractivity contribution in [1.29, 1.82) is 0 Å². The highest BCUT2D eigenvalue weighted by atomic mass is 35.5. The predicted molar refractivity (Wildman–Crippen MR) is 80.1 cm³/mol. The Kier molecular flexibility index (Phi) is 4.70. The Bertz CT molecular complexity index is 572. The monoisotopic (exact) mass is 295 g/mol. The van der Waals surface area contributed by atoms with E-state index in [2.05, 4.69) is 0 Å². The third-order valence-corrected chi connectivity index (χ3v) is 3.39. The van der Waals surface area contributed by atoms with Crippen molar-refractivity contribution in [3.8, 4) is 5.75 Å². The van der Waals surface area contributed by atoms with Crippen molar-refractivity contribution in [2.45, 2.75) is 13.0 Å². The number of halogens is 2. The van der Waals surface area contributed by atoms with Crippen molar-refractivity contribution in [3.05, 3.63) is 63.6 Å². The molecule has 2 aromatic rings. The van der Waals surface area contributed by atoms with E-state index in [1.165, 1.54) is 0 Å². The summed E-state index contributed by atoms with van der Waals surface area (Å²) in [5, 5.41) is 1.17. The van der Waals surface area contributed by atoms with E-state index in [-0.39, 0.29) is 6.04 Å². The lowest BCUT2D eigenvalue weighted by Gasteiger charge is -2.15. The summed E-state index contributed by atoms with van der Waals surface area (Å²) < 4.78 is 5.47. The van der Waals surface area contributed by atoms with E-state index in [1.54, 1.807) is 12.1 Å². The zero-order valence-electron chi connectivity index (χ0n) is 10.6. The smallest absolute Gasteiger partial charge is 0.119 e. The summed E-state index contributed by atoms with van der Waals surface area (Å²) >= 11 is 12.1. The lowest BCUT2D eigenvalue weighted by molar-refractivity contribution is 0.340. The Morgan fingerprint density at radius 3 is 2.63 bits per heavy atom. The number of nitrogens with two attached hydrogens (primary N) is 1. The van der Waals surface area contributed by atoms with Crippen molar-refractivity contribution >= 4 is 23.2 Å². The van der Waals surface area contributed by atoms with Crippen molar-refractivity contribution in [2.24, 2.45) is 5.73 Å². The fourth-order valence-electron chi connectivity index (χ4n) is 1.90. The van der Waals surface area contributed by atoms with Crippen LogP contribution in [0.3, 0.4) is 0 Å². The summed E-state index contributed by atoms with van der Waals surface area (Å²) in [7, 11) is 0. The van der Waals surface area contributed by atoms with Gasteiger partial charge in [0.05, 0.1) is 12.6 Å². The molecule has 19 heavy (non-hydrogen) atoms. The number of ether oxygens (including phenoxy) is 1. The molecular formula is C15H15Cl2NO. The molecule has 0 saturated heterocycles. The zero-order chi connectivity index (χ0) is 13.8. The molecular weight excluding hydrogens is 281 g/mol. The SMILES string of the molecule is CCOc1cccc(C(N)c2ccc(Cl)cc2Cl)c1. The van der Waals surface area contributed by atoms with E-state index >= 15 is 0 Å². The van der Waals surface area contributed by atoms with Gasteiger partial charge in [0.15, 0.2) is 0 Å². The van der Waals surface area contributed by atoms with Crippen molar-refractivity contribution in [1.82, 2.24) is 0 Å². The van der Waals surface area contributed by atoms with Gasteiger partial charge in [0.1, 0.15) is 5.75 Å². The summed E-state index contributed by atoms with van der Waals surface area (Å²) in [6.07, 6.45) is 0. The molecule has 0 aliphatic rings. The second-order valence-electron chi connectivity index (χ2n) is 4.15. The Morgan fingerprint density at radius 2 is 1.95 bits per heavy atom. The van der Waals surface area contributed by atoms with Gasteiger partial charge in [-0.05, 0) is 42.3 Å². The van der Waals surface area contributed by atoms with Crippen LogP contribution in [0.1, 0.15) is 24.1 Å². The summed E-state index contributed by atoms with van der Waals surface area (Å²) in [5.74, 6) is 0.806. The third-order valence-electron chi connectivity index (χ3n) is 2.83. The molecule has 0 fully saturated rings. The molecule has 0 aliphatic carbocycles. The maximum Gasteiger partial charge on any atom is 0.119 e. The number of hydrogen-bond acceptors (Lipinski definition) is 2. The van der Waals surface area contributed by atoms with Crippen LogP contribution in [0.15, 0.2) is 42.5 Å². The van der Waals surface area contributed by atoms with E-state index < -0.39 is 0 Å². The first-order valence-corrected chi connectivity index (χ1v) is 6.80. The standard InChI is InChI=1S/C15H15Cl2NO/c1-2-19-12-5-3-4-10(8-12)15(18)13-7-6-11(16)9-14(13)17/h3-9,15H,2,18H2,1H3. The third kappa shape index (κ3) is 3.41. The Balaban J connectivity index is 2.32. The largest absolute Gasteiger partial charge is 0.494 e. The van der Waals surface area contributed by atoms with Crippen LogP contribution in [0.5, 0.6) is 5.75 Å². The van der Waals surface area contributed by atoms with Crippen LogP contribution >= 0.6 is 23.2 Å². The molecule has 0 radical (unpaired) electrons. The van der Waals surface area contributed by atoms with Crippen LogP contribution in [-0.2, 0) is 0 Å². The van der Waals surface area contributed by atoms with E-state index in [0.717, 1.165) is 16.9 Å².